The van der Waals surface area contributed by atoms with Crippen LogP contribution in [0.15, 0.2) is 53.6 Å². The second kappa shape index (κ2) is 9.52. The van der Waals surface area contributed by atoms with Crippen LogP contribution >= 0.6 is 12.2 Å². The van der Waals surface area contributed by atoms with E-state index in [1.54, 1.807) is 13.3 Å². The van der Waals surface area contributed by atoms with E-state index in [4.69, 9.17) is 21.7 Å². The van der Waals surface area contributed by atoms with Crippen molar-refractivity contribution in [1.82, 2.24) is 10.7 Å². The van der Waals surface area contributed by atoms with Crippen molar-refractivity contribution in [2.75, 3.05) is 13.7 Å². The Balaban J connectivity index is 2.06. The van der Waals surface area contributed by atoms with Crippen molar-refractivity contribution in [2.24, 2.45) is 5.10 Å². The molecule has 0 aromatic heterocycles. The lowest BCUT2D eigenvalue weighted by molar-refractivity contribution is 0.269. The smallest absolute Gasteiger partial charge is 0.186 e. The summed E-state index contributed by atoms with van der Waals surface area (Å²) in [4.78, 5) is 0. The summed E-state index contributed by atoms with van der Waals surface area (Å²) >= 11 is 4.96. The van der Waals surface area contributed by atoms with Crippen LogP contribution in [0.4, 0.5) is 0 Å². The van der Waals surface area contributed by atoms with Gasteiger partial charge in [-0.3, -0.25) is 5.43 Å². The lowest BCUT2D eigenvalue weighted by Gasteiger charge is -2.12. The molecule has 0 saturated heterocycles. The molecular formula is C18H21N3O2S. The predicted octanol–water partition coefficient (Wildman–Crippen LogP) is 3.09. The van der Waals surface area contributed by atoms with Gasteiger partial charge in [-0.2, -0.15) is 5.10 Å². The summed E-state index contributed by atoms with van der Waals surface area (Å²) in [6, 6.07) is 15.7. The highest BCUT2D eigenvalue weighted by atomic mass is 32.1. The van der Waals surface area contributed by atoms with E-state index in [-0.39, 0.29) is 0 Å². The van der Waals surface area contributed by atoms with Crippen molar-refractivity contribution >= 4 is 23.5 Å². The highest BCUT2D eigenvalue weighted by Gasteiger charge is 2.06. The summed E-state index contributed by atoms with van der Waals surface area (Å²) in [5, 5.41) is 7.31. The van der Waals surface area contributed by atoms with Gasteiger partial charge in [0, 0.05) is 7.05 Å². The molecule has 2 rings (SSSR count). The number of rotatable bonds is 7. The molecule has 0 unspecified atom stereocenters. The van der Waals surface area contributed by atoms with Crippen molar-refractivity contribution < 1.29 is 9.47 Å². The van der Waals surface area contributed by atoms with E-state index in [0.29, 0.717) is 29.8 Å². The Morgan fingerprint density at radius 2 is 1.92 bits per heavy atom. The van der Waals surface area contributed by atoms with Gasteiger partial charge in [0.15, 0.2) is 16.6 Å². The van der Waals surface area contributed by atoms with Gasteiger partial charge in [-0.25, -0.2) is 0 Å². The van der Waals surface area contributed by atoms with Gasteiger partial charge in [0.2, 0.25) is 0 Å². The molecule has 126 valence electrons. The van der Waals surface area contributed by atoms with Crippen LogP contribution in [0, 0.1) is 0 Å². The van der Waals surface area contributed by atoms with Gasteiger partial charge in [-0.05, 0) is 48.5 Å². The number of benzene rings is 2. The van der Waals surface area contributed by atoms with E-state index in [9.17, 15) is 0 Å². The van der Waals surface area contributed by atoms with Crippen LogP contribution in [-0.4, -0.2) is 25.0 Å². The Kier molecular flexibility index (Phi) is 7.04. The van der Waals surface area contributed by atoms with Gasteiger partial charge in [0.1, 0.15) is 6.61 Å². The summed E-state index contributed by atoms with van der Waals surface area (Å²) in [7, 11) is 1.73. The zero-order valence-corrected chi connectivity index (χ0v) is 14.6. The fraction of sp³-hybridized carbons (Fsp3) is 0.222. The molecule has 2 N–H and O–H groups in total. The van der Waals surface area contributed by atoms with Gasteiger partial charge >= 0.3 is 0 Å². The zero-order valence-electron chi connectivity index (χ0n) is 13.8. The summed E-state index contributed by atoms with van der Waals surface area (Å²) in [6.45, 7) is 2.99. The topological polar surface area (TPSA) is 54.9 Å². The maximum Gasteiger partial charge on any atom is 0.186 e. The Morgan fingerprint density at radius 1 is 1.12 bits per heavy atom. The zero-order chi connectivity index (χ0) is 17.2. The molecule has 6 heteroatoms. The molecule has 0 radical (unpaired) electrons. The Morgan fingerprint density at radius 3 is 2.62 bits per heavy atom. The molecular weight excluding hydrogens is 322 g/mol. The van der Waals surface area contributed by atoms with E-state index in [1.165, 1.54) is 0 Å². The molecule has 0 fully saturated rings. The highest BCUT2D eigenvalue weighted by molar-refractivity contribution is 7.80. The third-order valence-corrected chi connectivity index (χ3v) is 3.41. The summed E-state index contributed by atoms with van der Waals surface area (Å²) in [5.41, 5.74) is 4.70. The third kappa shape index (κ3) is 5.55. The lowest BCUT2D eigenvalue weighted by Crippen LogP contribution is -2.28. The standard InChI is InChI=1S/C18H21N3O2S/c1-3-22-17-11-15(12-20-21-18(24)19-2)9-10-16(17)23-13-14-7-5-4-6-8-14/h4-12H,3,13H2,1-2H3,(H2,19,21,24)/b20-12+. The predicted molar refractivity (Wildman–Crippen MR) is 101 cm³/mol. The van der Waals surface area contributed by atoms with Gasteiger partial charge in [0.05, 0.1) is 12.8 Å². The van der Waals surface area contributed by atoms with E-state index in [1.807, 2.05) is 55.5 Å². The molecule has 0 saturated carbocycles. The monoisotopic (exact) mass is 343 g/mol. The number of nitrogens with one attached hydrogen (secondary N) is 2. The van der Waals surface area contributed by atoms with Crippen LogP contribution in [0.25, 0.3) is 0 Å². The van der Waals surface area contributed by atoms with Crippen LogP contribution in [-0.2, 0) is 6.61 Å². The molecule has 0 spiro atoms. The first-order valence-corrected chi connectivity index (χ1v) is 8.08. The lowest BCUT2D eigenvalue weighted by atomic mass is 10.2. The molecule has 0 atom stereocenters. The quantitative estimate of drug-likeness (QED) is 0.460. The number of hydrazone groups is 1. The summed E-state index contributed by atoms with van der Waals surface area (Å²) in [6.07, 6.45) is 1.67. The van der Waals surface area contributed by atoms with Crippen molar-refractivity contribution in [3.8, 4) is 11.5 Å². The maximum atomic E-state index is 5.87. The number of hydrogen-bond acceptors (Lipinski definition) is 4. The molecule has 2 aromatic rings. The first kappa shape index (κ1) is 17.7. The number of ether oxygens (including phenoxy) is 2. The second-order valence-electron chi connectivity index (χ2n) is 4.86. The number of nitrogens with zero attached hydrogens (tertiary/aromatic N) is 1. The van der Waals surface area contributed by atoms with Gasteiger partial charge < -0.3 is 14.8 Å². The average Bonchev–Trinajstić information content (AvgIpc) is 2.62. The summed E-state index contributed by atoms with van der Waals surface area (Å²) < 4.78 is 11.5. The van der Waals surface area contributed by atoms with Crippen molar-refractivity contribution in [1.29, 1.82) is 0 Å². The van der Waals surface area contributed by atoms with E-state index >= 15 is 0 Å². The second-order valence-corrected chi connectivity index (χ2v) is 5.27. The Bertz CT molecular complexity index is 690. The van der Waals surface area contributed by atoms with E-state index in [0.717, 1.165) is 11.1 Å². The normalized spacial score (nSPS) is 10.4. The van der Waals surface area contributed by atoms with Crippen molar-refractivity contribution in [3.63, 3.8) is 0 Å². The van der Waals surface area contributed by atoms with Crippen LogP contribution in [0.3, 0.4) is 0 Å². The van der Waals surface area contributed by atoms with Crippen LogP contribution in [0.2, 0.25) is 0 Å². The van der Waals surface area contributed by atoms with Gasteiger partial charge in [0.25, 0.3) is 0 Å². The molecule has 0 aliphatic heterocycles. The van der Waals surface area contributed by atoms with E-state index < -0.39 is 0 Å². The van der Waals surface area contributed by atoms with Crippen molar-refractivity contribution in [2.45, 2.75) is 13.5 Å². The third-order valence-electron chi connectivity index (χ3n) is 3.11. The molecule has 0 aliphatic carbocycles. The summed E-state index contributed by atoms with van der Waals surface area (Å²) in [5.74, 6) is 1.39. The minimum absolute atomic E-state index is 0.457. The SMILES string of the molecule is CCOc1cc(/C=N/NC(=S)NC)ccc1OCc1ccccc1. The fourth-order valence-corrected chi connectivity index (χ4v) is 2.00. The van der Waals surface area contributed by atoms with Crippen LogP contribution in [0.5, 0.6) is 11.5 Å². The van der Waals surface area contributed by atoms with E-state index in [2.05, 4.69) is 15.8 Å². The molecule has 0 heterocycles. The van der Waals surface area contributed by atoms with Gasteiger partial charge in [-0.1, -0.05) is 30.3 Å². The largest absolute Gasteiger partial charge is 0.490 e. The highest BCUT2D eigenvalue weighted by Crippen LogP contribution is 2.28. The van der Waals surface area contributed by atoms with Crippen LogP contribution in [0.1, 0.15) is 18.1 Å². The molecule has 5 nitrogen and oxygen atoms in total. The van der Waals surface area contributed by atoms with Gasteiger partial charge in [-0.15, -0.1) is 0 Å². The number of thiocarbonyl (C=S) groups is 1. The van der Waals surface area contributed by atoms with Crippen LogP contribution < -0.4 is 20.2 Å². The number of hydrogen-bond donors (Lipinski definition) is 2. The first-order valence-electron chi connectivity index (χ1n) is 7.67. The van der Waals surface area contributed by atoms with Crippen molar-refractivity contribution in [3.05, 3.63) is 59.7 Å². The fourth-order valence-electron chi connectivity index (χ4n) is 1.95. The molecule has 0 aliphatic rings. The molecule has 0 bridgehead atoms. The average molecular weight is 343 g/mol. The minimum Gasteiger partial charge on any atom is -0.490 e. The Labute approximate surface area is 147 Å². The minimum atomic E-state index is 0.457. The molecule has 2 aromatic carbocycles. The first-order chi connectivity index (χ1) is 11.7. The Hall–Kier alpha value is -2.60. The molecule has 24 heavy (non-hydrogen) atoms. The maximum absolute atomic E-state index is 5.87. The molecule has 0 amide bonds.